The summed E-state index contributed by atoms with van der Waals surface area (Å²) in [7, 11) is 0. The van der Waals surface area contributed by atoms with Gasteiger partial charge in [0.1, 0.15) is 0 Å². The van der Waals surface area contributed by atoms with Gasteiger partial charge >= 0.3 is 0 Å². The third-order valence-corrected chi connectivity index (χ3v) is 5.51. The Labute approximate surface area is 145 Å². The highest BCUT2D eigenvalue weighted by Gasteiger charge is 2.22. The highest BCUT2D eigenvalue weighted by molar-refractivity contribution is 7.99. The molecule has 2 aliphatic heterocycles. The van der Waals surface area contributed by atoms with E-state index in [-0.39, 0.29) is 12.4 Å². The van der Waals surface area contributed by atoms with E-state index in [0.717, 1.165) is 63.7 Å². The molecule has 2 aliphatic rings. The van der Waals surface area contributed by atoms with Crippen LogP contribution < -0.4 is 5.32 Å². The maximum absolute atomic E-state index is 12.2. The van der Waals surface area contributed by atoms with Crippen LogP contribution in [0.3, 0.4) is 0 Å². The monoisotopic (exact) mass is 350 g/mol. The topological polar surface area (TPSA) is 41.6 Å². The van der Waals surface area contributed by atoms with E-state index in [0.29, 0.717) is 17.8 Å². The number of carbonyl (C=O) groups excluding carboxylic acids is 1. The Morgan fingerprint density at radius 3 is 2.68 bits per heavy atom. The fourth-order valence-electron chi connectivity index (χ4n) is 3.04. The summed E-state index contributed by atoms with van der Waals surface area (Å²) >= 11 is 1.75. The van der Waals surface area contributed by atoms with Crippen LogP contribution in [0.1, 0.15) is 39.0 Å². The third kappa shape index (κ3) is 7.07. The molecular weight excluding hydrogens is 320 g/mol. The van der Waals surface area contributed by atoms with Crippen LogP contribution >= 0.6 is 24.2 Å². The molecule has 0 saturated carbocycles. The van der Waals surface area contributed by atoms with Gasteiger partial charge in [0.2, 0.25) is 5.91 Å². The van der Waals surface area contributed by atoms with Gasteiger partial charge in [0.05, 0.1) is 11.9 Å². The average Bonchev–Trinajstić information content (AvgIpc) is 2.54. The molecule has 22 heavy (non-hydrogen) atoms. The summed E-state index contributed by atoms with van der Waals surface area (Å²) in [5.41, 5.74) is 0. The minimum absolute atomic E-state index is 0. The van der Waals surface area contributed by atoms with E-state index in [1.165, 1.54) is 12.8 Å². The molecule has 0 aromatic heterocycles. The maximum Gasteiger partial charge on any atom is 0.232 e. The molecule has 0 bridgehead atoms. The number of hydrogen-bond donors (Lipinski definition) is 1. The fraction of sp³-hybridized carbons (Fsp3) is 0.938. The highest BCUT2D eigenvalue weighted by Crippen LogP contribution is 2.20. The number of halogens is 1. The molecule has 0 radical (unpaired) electrons. The second kappa shape index (κ2) is 11.5. The van der Waals surface area contributed by atoms with Crippen LogP contribution in [0.25, 0.3) is 0 Å². The summed E-state index contributed by atoms with van der Waals surface area (Å²) in [6, 6.07) is 0. The van der Waals surface area contributed by atoms with E-state index in [9.17, 15) is 4.79 Å². The summed E-state index contributed by atoms with van der Waals surface area (Å²) in [6.45, 7) is 7.07. The van der Waals surface area contributed by atoms with Gasteiger partial charge in [0, 0.05) is 25.4 Å². The zero-order chi connectivity index (χ0) is 14.9. The molecule has 0 aliphatic carbocycles. The van der Waals surface area contributed by atoms with Crippen molar-refractivity contribution in [1.82, 2.24) is 10.2 Å². The van der Waals surface area contributed by atoms with E-state index in [2.05, 4.69) is 17.1 Å². The van der Waals surface area contributed by atoms with E-state index < -0.39 is 0 Å². The van der Waals surface area contributed by atoms with Crippen molar-refractivity contribution in [2.75, 3.05) is 44.3 Å². The number of nitrogens with one attached hydrogen (secondary N) is 1. The zero-order valence-corrected chi connectivity index (χ0v) is 15.4. The molecule has 4 nitrogen and oxygen atoms in total. The number of nitrogens with zero attached hydrogens (tertiary/aromatic N) is 1. The average molecular weight is 351 g/mol. The zero-order valence-electron chi connectivity index (χ0n) is 13.7. The lowest BCUT2D eigenvalue weighted by atomic mass is 9.97. The molecule has 2 heterocycles. The predicted octanol–water partition coefficient (Wildman–Crippen LogP) is 2.56. The van der Waals surface area contributed by atoms with Crippen molar-refractivity contribution in [2.45, 2.75) is 45.1 Å². The van der Waals surface area contributed by atoms with Gasteiger partial charge in [-0.2, -0.15) is 0 Å². The van der Waals surface area contributed by atoms with Crippen molar-refractivity contribution in [1.29, 1.82) is 0 Å². The van der Waals surface area contributed by atoms with Gasteiger partial charge in [-0.3, -0.25) is 4.79 Å². The Morgan fingerprint density at radius 2 is 2.05 bits per heavy atom. The van der Waals surface area contributed by atoms with Crippen molar-refractivity contribution in [3.8, 4) is 0 Å². The van der Waals surface area contributed by atoms with Crippen LogP contribution in [-0.2, 0) is 9.53 Å². The van der Waals surface area contributed by atoms with Gasteiger partial charge in [-0.1, -0.05) is 6.92 Å². The van der Waals surface area contributed by atoms with E-state index in [4.69, 9.17) is 4.74 Å². The number of amides is 1. The Hall–Kier alpha value is 0.0300. The minimum Gasteiger partial charge on any atom is -0.377 e. The first kappa shape index (κ1) is 20.1. The molecule has 1 N–H and O–H groups in total. The number of rotatable bonds is 7. The Balaban J connectivity index is 0.00000242. The molecule has 0 aromatic rings. The molecule has 1 amide bonds. The second-order valence-electron chi connectivity index (χ2n) is 6.14. The molecule has 2 saturated heterocycles. The smallest absolute Gasteiger partial charge is 0.232 e. The van der Waals surface area contributed by atoms with Crippen molar-refractivity contribution in [3.63, 3.8) is 0 Å². The first-order valence-corrected chi connectivity index (χ1v) is 9.63. The molecular formula is C16H31ClN2O2S. The summed E-state index contributed by atoms with van der Waals surface area (Å²) in [5, 5.41) is 3.41. The predicted molar refractivity (Wildman–Crippen MR) is 96.0 cm³/mol. The Morgan fingerprint density at radius 1 is 1.27 bits per heavy atom. The quantitative estimate of drug-likeness (QED) is 0.766. The van der Waals surface area contributed by atoms with Gasteiger partial charge in [-0.05, 0) is 51.1 Å². The minimum atomic E-state index is 0. The summed E-state index contributed by atoms with van der Waals surface area (Å²) in [4.78, 5) is 14.3. The number of likely N-dealkylation sites (tertiary alicyclic amines) is 1. The first-order valence-electron chi connectivity index (χ1n) is 8.47. The van der Waals surface area contributed by atoms with Crippen LogP contribution in [0.2, 0.25) is 0 Å². The molecule has 0 spiro atoms. The number of thioether (sulfide) groups is 1. The molecule has 130 valence electrons. The summed E-state index contributed by atoms with van der Waals surface area (Å²) in [6.07, 6.45) is 6.31. The van der Waals surface area contributed by atoms with Crippen molar-refractivity contribution in [3.05, 3.63) is 0 Å². The summed E-state index contributed by atoms with van der Waals surface area (Å²) < 4.78 is 5.70. The largest absolute Gasteiger partial charge is 0.377 e. The van der Waals surface area contributed by atoms with E-state index in [1.807, 2.05) is 0 Å². The second-order valence-corrected chi connectivity index (χ2v) is 7.17. The van der Waals surface area contributed by atoms with E-state index in [1.54, 1.807) is 11.8 Å². The van der Waals surface area contributed by atoms with Crippen LogP contribution in [-0.4, -0.2) is 61.2 Å². The number of hydrogen-bond acceptors (Lipinski definition) is 4. The third-order valence-electron chi connectivity index (χ3n) is 4.45. The molecule has 2 rings (SSSR count). The fourth-order valence-corrected chi connectivity index (χ4v) is 4.04. The standard InChI is InChI=1S/C16H30N2O2S.ClH/c1-2-17-11-14-6-8-18(9-7-14)16(19)13-21-12-15-5-3-4-10-20-15;/h14-15,17H,2-13H2,1H3;1H. The van der Waals surface area contributed by atoms with Crippen LogP contribution in [0.5, 0.6) is 0 Å². The Bertz CT molecular complexity index is 307. The van der Waals surface area contributed by atoms with Gasteiger partial charge in [0.25, 0.3) is 0 Å². The molecule has 6 heteroatoms. The lowest BCUT2D eigenvalue weighted by molar-refractivity contribution is -0.129. The number of ether oxygens (including phenoxy) is 1. The molecule has 2 fully saturated rings. The van der Waals surface area contributed by atoms with Gasteiger partial charge < -0.3 is 15.0 Å². The normalized spacial score (nSPS) is 23.1. The number of carbonyl (C=O) groups is 1. The highest BCUT2D eigenvalue weighted by atomic mass is 35.5. The van der Waals surface area contributed by atoms with Gasteiger partial charge in [-0.25, -0.2) is 0 Å². The van der Waals surface area contributed by atoms with Gasteiger partial charge in [-0.15, -0.1) is 24.2 Å². The van der Waals surface area contributed by atoms with Crippen LogP contribution in [0.4, 0.5) is 0 Å². The van der Waals surface area contributed by atoms with Crippen LogP contribution in [0.15, 0.2) is 0 Å². The van der Waals surface area contributed by atoms with Gasteiger partial charge in [0.15, 0.2) is 0 Å². The lowest BCUT2D eigenvalue weighted by Crippen LogP contribution is -2.41. The molecule has 0 aromatic carbocycles. The SMILES string of the molecule is CCNCC1CCN(C(=O)CSCC2CCCCO2)CC1.Cl. The van der Waals surface area contributed by atoms with E-state index >= 15 is 0 Å². The lowest BCUT2D eigenvalue weighted by Gasteiger charge is -2.32. The molecule has 1 atom stereocenters. The molecule has 1 unspecified atom stereocenters. The van der Waals surface area contributed by atoms with Crippen LogP contribution in [0, 0.1) is 5.92 Å². The first-order chi connectivity index (χ1) is 10.3. The van der Waals surface area contributed by atoms with Crippen molar-refractivity contribution in [2.24, 2.45) is 5.92 Å². The summed E-state index contributed by atoms with van der Waals surface area (Å²) in [5.74, 6) is 2.66. The van der Waals surface area contributed by atoms with Crippen molar-refractivity contribution >= 4 is 30.1 Å². The number of piperidine rings is 1. The Kier molecular flexibility index (Phi) is 10.5. The maximum atomic E-state index is 12.2. The van der Waals surface area contributed by atoms with Crippen molar-refractivity contribution < 1.29 is 9.53 Å².